The molecule has 0 bridgehead atoms. The Morgan fingerprint density at radius 2 is 2.24 bits per heavy atom. The lowest BCUT2D eigenvalue weighted by Gasteiger charge is -2.13. The summed E-state index contributed by atoms with van der Waals surface area (Å²) in [5, 5.41) is 12.6. The van der Waals surface area contributed by atoms with Crippen LogP contribution in [0.15, 0.2) is 12.1 Å². The number of pyridine rings is 1. The molecule has 0 aromatic carbocycles. The van der Waals surface area contributed by atoms with E-state index in [1.807, 2.05) is 19.1 Å². The summed E-state index contributed by atoms with van der Waals surface area (Å²) in [6, 6.07) is 3.86. The van der Waals surface area contributed by atoms with Crippen molar-refractivity contribution in [1.29, 1.82) is 0 Å². The van der Waals surface area contributed by atoms with Gasteiger partial charge >= 0.3 is 0 Å². The molecular formula is C13H20N2O2. The third kappa shape index (κ3) is 3.17. The van der Waals surface area contributed by atoms with Crippen molar-refractivity contribution in [2.45, 2.75) is 26.3 Å². The number of hydrogen-bond donors (Lipinski definition) is 2. The van der Waals surface area contributed by atoms with Gasteiger partial charge in [0.1, 0.15) is 5.75 Å². The fourth-order valence-electron chi connectivity index (χ4n) is 1.93. The molecule has 1 fully saturated rings. The molecule has 1 aliphatic carbocycles. The molecule has 2 rings (SSSR count). The minimum atomic E-state index is 0.147. The van der Waals surface area contributed by atoms with Gasteiger partial charge in [-0.15, -0.1) is 0 Å². The number of aryl methyl sites for hydroxylation is 1. The van der Waals surface area contributed by atoms with Gasteiger partial charge < -0.3 is 15.2 Å². The first-order valence-corrected chi connectivity index (χ1v) is 6.01. The van der Waals surface area contributed by atoms with E-state index in [1.54, 1.807) is 7.11 Å². The summed E-state index contributed by atoms with van der Waals surface area (Å²) in [6.07, 6.45) is 2.25. The molecule has 0 saturated heterocycles. The first-order chi connectivity index (χ1) is 8.17. The molecule has 1 aromatic heterocycles. The van der Waals surface area contributed by atoms with Crippen LogP contribution in [0.4, 0.5) is 0 Å². The normalized spacial score (nSPS) is 16.9. The second kappa shape index (κ2) is 5.02. The molecular weight excluding hydrogens is 216 g/mol. The summed E-state index contributed by atoms with van der Waals surface area (Å²) in [7, 11) is 1.66. The number of methoxy groups -OCH3 is 1. The topological polar surface area (TPSA) is 54.4 Å². The van der Waals surface area contributed by atoms with Gasteiger partial charge in [-0.2, -0.15) is 0 Å². The smallest absolute Gasteiger partial charge is 0.122 e. The molecule has 0 unspecified atom stereocenters. The number of hydrogen-bond acceptors (Lipinski definition) is 4. The van der Waals surface area contributed by atoms with Crippen LogP contribution in [-0.4, -0.2) is 30.4 Å². The zero-order valence-electron chi connectivity index (χ0n) is 10.5. The molecule has 1 aliphatic rings. The average molecular weight is 236 g/mol. The van der Waals surface area contributed by atoms with E-state index < -0.39 is 0 Å². The van der Waals surface area contributed by atoms with E-state index in [9.17, 15) is 5.11 Å². The van der Waals surface area contributed by atoms with Crippen molar-refractivity contribution in [3.63, 3.8) is 0 Å². The van der Waals surface area contributed by atoms with Crippen molar-refractivity contribution >= 4 is 0 Å². The molecule has 0 amide bonds. The van der Waals surface area contributed by atoms with Gasteiger partial charge in [-0.1, -0.05) is 0 Å². The molecule has 0 atom stereocenters. The van der Waals surface area contributed by atoms with E-state index in [1.165, 1.54) is 0 Å². The lowest BCUT2D eigenvalue weighted by molar-refractivity contribution is 0.207. The quantitative estimate of drug-likeness (QED) is 0.781. The lowest BCUT2D eigenvalue weighted by atomic mass is 10.1. The third-order valence-corrected chi connectivity index (χ3v) is 3.31. The molecule has 94 valence electrons. The standard InChI is InChI=1S/C13H20N2O2/c1-10-5-12(17-2)6-11(15-10)7-14-8-13(9-16)3-4-13/h5-6,14,16H,3-4,7-9H2,1-2H3. The zero-order valence-corrected chi connectivity index (χ0v) is 10.5. The number of aliphatic hydroxyl groups is 1. The van der Waals surface area contributed by atoms with Crippen molar-refractivity contribution in [3.05, 3.63) is 23.5 Å². The molecule has 2 N–H and O–H groups in total. The first kappa shape index (κ1) is 12.3. The summed E-state index contributed by atoms with van der Waals surface area (Å²) in [5.74, 6) is 0.845. The molecule has 0 aliphatic heterocycles. The van der Waals surface area contributed by atoms with Gasteiger partial charge in [0.15, 0.2) is 0 Å². The van der Waals surface area contributed by atoms with Gasteiger partial charge in [0.2, 0.25) is 0 Å². The van der Waals surface area contributed by atoms with Gasteiger partial charge in [0.25, 0.3) is 0 Å². The highest BCUT2D eigenvalue weighted by atomic mass is 16.5. The summed E-state index contributed by atoms with van der Waals surface area (Å²) >= 11 is 0. The highest BCUT2D eigenvalue weighted by Gasteiger charge is 2.41. The zero-order chi connectivity index (χ0) is 12.3. The second-order valence-corrected chi connectivity index (χ2v) is 4.90. The van der Waals surface area contributed by atoms with E-state index in [0.717, 1.165) is 43.1 Å². The van der Waals surface area contributed by atoms with Crippen molar-refractivity contribution in [2.75, 3.05) is 20.3 Å². The number of rotatable bonds is 6. The predicted molar refractivity (Wildman–Crippen MR) is 66.0 cm³/mol. The van der Waals surface area contributed by atoms with Crippen LogP contribution in [0, 0.1) is 12.3 Å². The van der Waals surface area contributed by atoms with Crippen LogP contribution >= 0.6 is 0 Å². The molecule has 4 nitrogen and oxygen atoms in total. The largest absolute Gasteiger partial charge is 0.497 e. The maximum absolute atomic E-state index is 9.20. The maximum atomic E-state index is 9.20. The molecule has 1 heterocycles. The molecule has 1 aromatic rings. The fourth-order valence-corrected chi connectivity index (χ4v) is 1.93. The average Bonchev–Trinajstić information content (AvgIpc) is 3.09. The van der Waals surface area contributed by atoms with Crippen LogP contribution in [0.5, 0.6) is 5.75 Å². The fraction of sp³-hybridized carbons (Fsp3) is 0.615. The Hall–Kier alpha value is -1.13. The Labute approximate surface area is 102 Å². The summed E-state index contributed by atoms with van der Waals surface area (Å²) in [5.41, 5.74) is 2.09. The molecule has 0 radical (unpaired) electrons. The van der Waals surface area contributed by atoms with Crippen LogP contribution in [-0.2, 0) is 6.54 Å². The molecule has 17 heavy (non-hydrogen) atoms. The molecule has 0 spiro atoms. The highest BCUT2D eigenvalue weighted by Crippen LogP contribution is 2.44. The number of nitrogens with one attached hydrogen (secondary N) is 1. The summed E-state index contributed by atoms with van der Waals surface area (Å²) < 4.78 is 5.21. The second-order valence-electron chi connectivity index (χ2n) is 4.90. The Bertz CT molecular complexity index is 389. The van der Waals surface area contributed by atoms with Gasteiger partial charge in [-0.25, -0.2) is 0 Å². The molecule has 1 saturated carbocycles. The van der Waals surface area contributed by atoms with E-state index in [4.69, 9.17) is 4.74 Å². The van der Waals surface area contributed by atoms with E-state index in [0.29, 0.717) is 0 Å². The van der Waals surface area contributed by atoms with Gasteiger partial charge in [0, 0.05) is 42.9 Å². The van der Waals surface area contributed by atoms with Crippen LogP contribution in [0.25, 0.3) is 0 Å². The van der Waals surface area contributed by atoms with Crippen LogP contribution in [0.2, 0.25) is 0 Å². The van der Waals surface area contributed by atoms with Crippen molar-refractivity contribution in [1.82, 2.24) is 10.3 Å². The number of aromatic nitrogens is 1. The van der Waals surface area contributed by atoms with Crippen LogP contribution in [0.1, 0.15) is 24.2 Å². The van der Waals surface area contributed by atoms with Crippen LogP contribution < -0.4 is 10.1 Å². The first-order valence-electron chi connectivity index (χ1n) is 6.01. The number of nitrogens with zero attached hydrogens (tertiary/aromatic N) is 1. The monoisotopic (exact) mass is 236 g/mol. The third-order valence-electron chi connectivity index (χ3n) is 3.31. The Balaban J connectivity index is 1.88. The van der Waals surface area contributed by atoms with Gasteiger partial charge in [-0.3, -0.25) is 4.98 Å². The number of ether oxygens (including phenoxy) is 1. The molecule has 4 heteroatoms. The van der Waals surface area contributed by atoms with E-state index in [-0.39, 0.29) is 12.0 Å². The minimum absolute atomic E-state index is 0.147. The Morgan fingerprint density at radius 1 is 1.47 bits per heavy atom. The van der Waals surface area contributed by atoms with Crippen molar-refractivity contribution in [3.8, 4) is 5.75 Å². The summed E-state index contributed by atoms with van der Waals surface area (Å²) in [6.45, 7) is 3.83. The minimum Gasteiger partial charge on any atom is -0.497 e. The van der Waals surface area contributed by atoms with Gasteiger partial charge in [0.05, 0.1) is 12.8 Å². The van der Waals surface area contributed by atoms with Crippen LogP contribution in [0.3, 0.4) is 0 Å². The maximum Gasteiger partial charge on any atom is 0.122 e. The summed E-state index contributed by atoms with van der Waals surface area (Å²) in [4.78, 5) is 4.44. The highest BCUT2D eigenvalue weighted by molar-refractivity contribution is 5.26. The van der Waals surface area contributed by atoms with E-state index in [2.05, 4.69) is 10.3 Å². The predicted octanol–water partition coefficient (Wildman–Crippen LogP) is 1.26. The van der Waals surface area contributed by atoms with E-state index >= 15 is 0 Å². The lowest BCUT2D eigenvalue weighted by Crippen LogP contribution is -2.26. The van der Waals surface area contributed by atoms with Gasteiger partial charge in [-0.05, 0) is 19.8 Å². The van der Waals surface area contributed by atoms with Crippen molar-refractivity contribution < 1.29 is 9.84 Å². The Morgan fingerprint density at radius 3 is 2.82 bits per heavy atom. The van der Waals surface area contributed by atoms with Crippen molar-refractivity contribution in [2.24, 2.45) is 5.41 Å². The SMILES string of the molecule is COc1cc(C)nc(CNCC2(CO)CC2)c1. The number of aliphatic hydroxyl groups excluding tert-OH is 1. The Kier molecular flexibility index (Phi) is 3.64.